The van der Waals surface area contributed by atoms with Crippen molar-refractivity contribution in [3.63, 3.8) is 0 Å². The molecule has 17 heavy (non-hydrogen) atoms. The molecule has 3 heteroatoms. The van der Waals surface area contributed by atoms with Gasteiger partial charge in [-0.25, -0.2) is 0 Å². The van der Waals surface area contributed by atoms with Crippen molar-refractivity contribution < 1.29 is 9.84 Å². The Labute approximate surface area is 104 Å². The summed E-state index contributed by atoms with van der Waals surface area (Å²) in [5.41, 5.74) is 2.38. The molecule has 1 aromatic rings. The number of nitrogens with one attached hydrogen (secondary N) is 1. The van der Waals surface area contributed by atoms with Crippen molar-refractivity contribution in [1.82, 2.24) is 5.32 Å². The Bertz CT molecular complexity index is 339. The average molecular weight is 237 g/mol. The van der Waals surface area contributed by atoms with Crippen molar-refractivity contribution in [1.29, 1.82) is 0 Å². The molecule has 2 N–H and O–H groups in total. The number of aryl methyl sites for hydroxylation is 1. The maximum atomic E-state index is 8.81. The molecule has 0 fully saturated rings. The van der Waals surface area contributed by atoms with Gasteiger partial charge in [0.2, 0.25) is 0 Å². The second-order valence-electron chi connectivity index (χ2n) is 4.29. The summed E-state index contributed by atoms with van der Waals surface area (Å²) in [5, 5.41) is 12.3. The van der Waals surface area contributed by atoms with Crippen molar-refractivity contribution in [2.24, 2.45) is 0 Å². The van der Waals surface area contributed by atoms with Gasteiger partial charge >= 0.3 is 0 Å². The van der Waals surface area contributed by atoms with Crippen LogP contribution in [0.1, 0.15) is 37.4 Å². The summed E-state index contributed by atoms with van der Waals surface area (Å²) < 4.78 is 5.55. The van der Waals surface area contributed by atoms with E-state index in [1.54, 1.807) is 0 Å². The van der Waals surface area contributed by atoms with Gasteiger partial charge in [-0.1, -0.05) is 24.6 Å². The van der Waals surface area contributed by atoms with E-state index >= 15 is 0 Å². The van der Waals surface area contributed by atoms with Crippen LogP contribution in [0.4, 0.5) is 0 Å². The Morgan fingerprint density at radius 1 is 1.41 bits per heavy atom. The minimum absolute atomic E-state index is 0.0457. The molecule has 96 valence electrons. The van der Waals surface area contributed by atoms with Crippen LogP contribution in [-0.2, 0) is 0 Å². The first kappa shape index (κ1) is 14.0. The van der Waals surface area contributed by atoms with Crippen molar-refractivity contribution >= 4 is 0 Å². The zero-order valence-corrected chi connectivity index (χ0v) is 11.0. The number of hydrogen-bond donors (Lipinski definition) is 2. The summed E-state index contributed by atoms with van der Waals surface area (Å²) in [7, 11) is 0. The second-order valence-corrected chi connectivity index (χ2v) is 4.29. The van der Waals surface area contributed by atoms with Gasteiger partial charge in [-0.15, -0.1) is 0 Å². The van der Waals surface area contributed by atoms with Crippen LogP contribution in [-0.4, -0.2) is 24.9 Å². The molecular formula is C14H23NO2. The van der Waals surface area contributed by atoms with Gasteiger partial charge < -0.3 is 15.2 Å². The summed E-state index contributed by atoms with van der Waals surface area (Å²) in [6.07, 6.45) is 1.11. The van der Waals surface area contributed by atoms with E-state index in [1.165, 1.54) is 5.56 Å². The van der Waals surface area contributed by atoms with Crippen molar-refractivity contribution in [3.8, 4) is 5.75 Å². The van der Waals surface area contributed by atoms with E-state index < -0.39 is 0 Å². The Hall–Kier alpha value is -1.06. The van der Waals surface area contributed by atoms with Crippen LogP contribution in [0.15, 0.2) is 18.2 Å². The zero-order valence-electron chi connectivity index (χ0n) is 11.0. The van der Waals surface area contributed by atoms with Gasteiger partial charge in [-0.05, 0) is 32.9 Å². The highest BCUT2D eigenvalue weighted by molar-refractivity contribution is 5.38. The molecule has 0 saturated heterocycles. The molecule has 0 saturated carbocycles. The molecule has 0 aliphatic rings. The first-order chi connectivity index (χ1) is 8.19. The Balaban J connectivity index is 2.81. The molecule has 0 spiro atoms. The Morgan fingerprint density at radius 2 is 2.18 bits per heavy atom. The topological polar surface area (TPSA) is 41.5 Å². The van der Waals surface area contributed by atoms with Crippen LogP contribution in [0.3, 0.4) is 0 Å². The van der Waals surface area contributed by atoms with Gasteiger partial charge in [0.15, 0.2) is 0 Å². The molecule has 0 heterocycles. The number of aliphatic hydroxyl groups is 1. The standard InChI is InChI=1S/C14H23NO2/c1-4-7-15-12(3)13-10-11(2)5-6-14(13)17-9-8-16/h5-6,10,12,15-16H,4,7-9H2,1-3H3. The van der Waals surface area contributed by atoms with Gasteiger partial charge in [-0.3, -0.25) is 0 Å². The lowest BCUT2D eigenvalue weighted by Crippen LogP contribution is -2.20. The van der Waals surface area contributed by atoms with Gasteiger partial charge in [-0.2, -0.15) is 0 Å². The van der Waals surface area contributed by atoms with Crippen LogP contribution < -0.4 is 10.1 Å². The zero-order chi connectivity index (χ0) is 12.7. The lowest BCUT2D eigenvalue weighted by Gasteiger charge is -2.18. The van der Waals surface area contributed by atoms with Crippen LogP contribution in [0.5, 0.6) is 5.75 Å². The molecule has 0 aromatic heterocycles. The molecule has 1 atom stereocenters. The number of hydrogen-bond acceptors (Lipinski definition) is 3. The van der Waals surface area contributed by atoms with E-state index in [0.29, 0.717) is 6.61 Å². The fourth-order valence-corrected chi connectivity index (χ4v) is 1.76. The SMILES string of the molecule is CCCNC(C)c1cc(C)ccc1OCCO. The summed E-state index contributed by atoms with van der Waals surface area (Å²) in [6, 6.07) is 6.41. The number of rotatable bonds is 7. The summed E-state index contributed by atoms with van der Waals surface area (Å²) in [6.45, 7) is 7.75. The first-order valence-corrected chi connectivity index (χ1v) is 6.26. The maximum absolute atomic E-state index is 8.81. The Kier molecular flexibility index (Phi) is 6.01. The maximum Gasteiger partial charge on any atom is 0.124 e. The minimum atomic E-state index is 0.0457. The molecule has 0 bridgehead atoms. The lowest BCUT2D eigenvalue weighted by atomic mass is 10.0. The summed E-state index contributed by atoms with van der Waals surface area (Å²) in [4.78, 5) is 0. The molecule has 0 aliphatic heterocycles. The molecular weight excluding hydrogens is 214 g/mol. The third kappa shape index (κ3) is 4.36. The van der Waals surface area contributed by atoms with Gasteiger partial charge in [0.1, 0.15) is 12.4 Å². The normalized spacial score (nSPS) is 12.5. The third-order valence-corrected chi connectivity index (χ3v) is 2.68. The molecule has 1 unspecified atom stereocenters. The highest BCUT2D eigenvalue weighted by Gasteiger charge is 2.11. The summed E-state index contributed by atoms with van der Waals surface area (Å²) >= 11 is 0. The Morgan fingerprint density at radius 3 is 2.82 bits per heavy atom. The molecule has 3 nitrogen and oxygen atoms in total. The van der Waals surface area contributed by atoms with Crippen molar-refractivity contribution in [3.05, 3.63) is 29.3 Å². The predicted octanol–water partition coefficient (Wildman–Crippen LogP) is 2.43. The largest absolute Gasteiger partial charge is 0.491 e. The third-order valence-electron chi connectivity index (χ3n) is 2.68. The van der Waals surface area contributed by atoms with E-state index in [2.05, 4.69) is 32.2 Å². The molecule has 1 aromatic carbocycles. The molecule has 0 radical (unpaired) electrons. The van der Waals surface area contributed by atoms with Gasteiger partial charge in [0, 0.05) is 11.6 Å². The molecule has 0 aliphatic carbocycles. The van der Waals surface area contributed by atoms with E-state index in [-0.39, 0.29) is 12.6 Å². The lowest BCUT2D eigenvalue weighted by molar-refractivity contribution is 0.199. The van der Waals surface area contributed by atoms with Crippen molar-refractivity contribution in [2.75, 3.05) is 19.8 Å². The molecule has 0 amide bonds. The monoisotopic (exact) mass is 237 g/mol. The van der Waals surface area contributed by atoms with E-state index in [0.717, 1.165) is 24.3 Å². The van der Waals surface area contributed by atoms with E-state index in [1.807, 2.05) is 12.1 Å². The highest BCUT2D eigenvalue weighted by Crippen LogP contribution is 2.26. The molecule has 1 rings (SSSR count). The number of benzene rings is 1. The predicted molar refractivity (Wildman–Crippen MR) is 70.5 cm³/mol. The average Bonchev–Trinajstić information content (AvgIpc) is 2.34. The second kappa shape index (κ2) is 7.30. The first-order valence-electron chi connectivity index (χ1n) is 6.26. The summed E-state index contributed by atoms with van der Waals surface area (Å²) in [5.74, 6) is 0.862. The van der Waals surface area contributed by atoms with Gasteiger partial charge in [0.25, 0.3) is 0 Å². The van der Waals surface area contributed by atoms with Crippen LogP contribution in [0.2, 0.25) is 0 Å². The van der Waals surface area contributed by atoms with Crippen LogP contribution in [0, 0.1) is 6.92 Å². The van der Waals surface area contributed by atoms with E-state index in [9.17, 15) is 0 Å². The van der Waals surface area contributed by atoms with E-state index in [4.69, 9.17) is 9.84 Å². The van der Waals surface area contributed by atoms with Crippen LogP contribution >= 0.6 is 0 Å². The quantitative estimate of drug-likeness (QED) is 0.765. The highest BCUT2D eigenvalue weighted by atomic mass is 16.5. The minimum Gasteiger partial charge on any atom is -0.491 e. The van der Waals surface area contributed by atoms with Crippen molar-refractivity contribution in [2.45, 2.75) is 33.2 Å². The fraction of sp³-hybridized carbons (Fsp3) is 0.571. The number of aliphatic hydroxyl groups excluding tert-OH is 1. The van der Waals surface area contributed by atoms with Gasteiger partial charge in [0.05, 0.1) is 6.61 Å². The fourth-order valence-electron chi connectivity index (χ4n) is 1.76. The van der Waals surface area contributed by atoms with Crippen LogP contribution in [0.25, 0.3) is 0 Å². The smallest absolute Gasteiger partial charge is 0.124 e. The number of ether oxygens (including phenoxy) is 1.